The first-order valence-corrected chi connectivity index (χ1v) is 18.8. The Balaban J connectivity index is 5.08. The Kier molecular flexibility index (Phi) is 35.4. The Morgan fingerprint density at radius 1 is 0.400 bits per heavy atom. The van der Waals surface area contributed by atoms with Gasteiger partial charge in [-0.05, 0) is 104 Å². The van der Waals surface area contributed by atoms with Crippen LogP contribution in [0.15, 0.2) is 24.3 Å². The molecule has 0 aromatic rings. The summed E-state index contributed by atoms with van der Waals surface area (Å²) in [5, 5.41) is 0. The van der Waals surface area contributed by atoms with Gasteiger partial charge >= 0.3 is 0 Å². The monoisotopic (exact) mass is 643 g/mol. The summed E-state index contributed by atoms with van der Waals surface area (Å²) in [6.45, 7) is 16.6. The zero-order chi connectivity index (χ0) is 33.1. The first kappa shape index (κ1) is 44.2. The molecule has 0 N–H and O–H groups in total. The topological polar surface area (TPSA) is 64.6 Å². The molecule has 268 valence electrons. The largest absolute Gasteiger partial charge is 0.353 e. The van der Waals surface area contributed by atoms with E-state index in [-0.39, 0.29) is 12.6 Å². The van der Waals surface area contributed by atoms with Gasteiger partial charge in [0.25, 0.3) is 0 Å². The summed E-state index contributed by atoms with van der Waals surface area (Å²) in [4.78, 5) is 0. The quantitative estimate of drug-likeness (QED) is 0.0383. The van der Waals surface area contributed by atoms with Crippen LogP contribution in [0.5, 0.6) is 0 Å². The van der Waals surface area contributed by atoms with Crippen molar-refractivity contribution in [2.75, 3.05) is 39.6 Å². The first-order valence-electron chi connectivity index (χ1n) is 18.8. The molecule has 0 saturated heterocycles. The van der Waals surface area contributed by atoms with Crippen molar-refractivity contribution < 1.29 is 33.2 Å². The highest BCUT2D eigenvalue weighted by Crippen LogP contribution is 2.14. The van der Waals surface area contributed by atoms with Crippen molar-refractivity contribution in [2.45, 2.75) is 182 Å². The lowest BCUT2D eigenvalue weighted by Gasteiger charge is -2.22. The maximum atomic E-state index is 6.43. The van der Waals surface area contributed by atoms with E-state index in [1.165, 1.54) is 51.4 Å². The molecule has 0 aliphatic rings. The van der Waals surface area contributed by atoms with Crippen molar-refractivity contribution in [3.05, 3.63) is 24.3 Å². The smallest absolute Gasteiger partial charge is 0.180 e. The Morgan fingerprint density at radius 3 is 1.13 bits per heavy atom. The SMILES string of the molecule is CCCCCCCOC(C=CCCCCC(OCC)OCC)OC(C=CCCCCC(OCC)OCC)OCCCCCCC. The lowest BCUT2D eigenvalue weighted by molar-refractivity contribution is -0.208. The van der Waals surface area contributed by atoms with E-state index >= 15 is 0 Å². The normalized spacial score (nSPS) is 13.7. The first-order chi connectivity index (χ1) is 22.1. The molecule has 0 rings (SSSR count). The van der Waals surface area contributed by atoms with E-state index in [4.69, 9.17) is 33.2 Å². The molecule has 0 saturated carbocycles. The van der Waals surface area contributed by atoms with Crippen LogP contribution >= 0.6 is 0 Å². The van der Waals surface area contributed by atoms with Gasteiger partial charge in [-0.3, -0.25) is 0 Å². The highest BCUT2D eigenvalue weighted by Gasteiger charge is 2.14. The minimum Gasteiger partial charge on any atom is -0.353 e. The number of hydrogen-bond acceptors (Lipinski definition) is 7. The molecule has 0 spiro atoms. The van der Waals surface area contributed by atoms with Gasteiger partial charge < -0.3 is 33.2 Å². The molecule has 0 heterocycles. The molecule has 45 heavy (non-hydrogen) atoms. The summed E-state index contributed by atoms with van der Waals surface area (Å²) in [6, 6.07) is 0. The van der Waals surface area contributed by atoms with Crippen LogP contribution in [-0.2, 0) is 33.2 Å². The van der Waals surface area contributed by atoms with Gasteiger partial charge in [0, 0.05) is 26.4 Å². The fraction of sp³-hybridized carbons (Fsp3) is 0.895. The summed E-state index contributed by atoms with van der Waals surface area (Å²) < 4.78 is 41.6. The van der Waals surface area contributed by atoms with Gasteiger partial charge in [-0.15, -0.1) is 0 Å². The van der Waals surface area contributed by atoms with Crippen LogP contribution in [0, 0.1) is 0 Å². The fourth-order valence-corrected chi connectivity index (χ4v) is 4.96. The Labute approximate surface area is 279 Å². The second-order valence-corrected chi connectivity index (χ2v) is 11.5. The highest BCUT2D eigenvalue weighted by molar-refractivity contribution is 4.90. The summed E-state index contributed by atoms with van der Waals surface area (Å²) >= 11 is 0. The lowest BCUT2D eigenvalue weighted by Crippen LogP contribution is -2.25. The van der Waals surface area contributed by atoms with Gasteiger partial charge in [0.05, 0.1) is 13.2 Å². The average Bonchev–Trinajstić information content (AvgIpc) is 3.03. The lowest BCUT2D eigenvalue weighted by atomic mass is 10.1. The van der Waals surface area contributed by atoms with Crippen molar-refractivity contribution in [2.24, 2.45) is 0 Å². The Hall–Kier alpha value is -0.800. The van der Waals surface area contributed by atoms with E-state index in [0.29, 0.717) is 39.6 Å². The van der Waals surface area contributed by atoms with Crippen LogP contribution < -0.4 is 0 Å². The van der Waals surface area contributed by atoms with Gasteiger partial charge in [0.1, 0.15) is 0 Å². The second kappa shape index (κ2) is 36.0. The average molecular weight is 643 g/mol. The fourth-order valence-electron chi connectivity index (χ4n) is 4.96. The standard InChI is InChI=1S/C38H74O7/c1-7-13-15-21-27-33-43-37(31-25-19-17-23-29-35(39-9-3)40-10-4)45-38(44-34-28-22-16-14-8-2)32-26-20-18-24-30-36(41-11-5)42-12-6/h25-26,31-32,35-38H,7-24,27-30,33-34H2,1-6H3. The molecular weight excluding hydrogens is 568 g/mol. The second-order valence-electron chi connectivity index (χ2n) is 11.5. The molecule has 0 aliphatic carbocycles. The van der Waals surface area contributed by atoms with Crippen molar-refractivity contribution in [3.63, 3.8) is 0 Å². The van der Waals surface area contributed by atoms with E-state index in [1.54, 1.807) is 0 Å². The number of hydrogen-bond donors (Lipinski definition) is 0. The summed E-state index contributed by atoms with van der Waals surface area (Å²) in [7, 11) is 0. The summed E-state index contributed by atoms with van der Waals surface area (Å²) in [5.41, 5.74) is 0. The number of unbranched alkanes of at least 4 members (excludes halogenated alkanes) is 12. The third-order valence-electron chi connectivity index (χ3n) is 7.45. The minimum atomic E-state index is -0.427. The molecule has 0 aliphatic heterocycles. The van der Waals surface area contributed by atoms with E-state index in [1.807, 2.05) is 27.7 Å². The molecule has 2 atom stereocenters. The third-order valence-corrected chi connectivity index (χ3v) is 7.45. The van der Waals surface area contributed by atoms with Crippen LogP contribution in [0.2, 0.25) is 0 Å². The molecular formula is C38H74O7. The predicted octanol–water partition coefficient (Wildman–Crippen LogP) is 10.7. The minimum absolute atomic E-state index is 0.0986. The molecule has 0 bridgehead atoms. The van der Waals surface area contributed by atoms with Gasteiger partial charge in [-0.25, -0.2) is 0 Å². The maximum absolute atomic E-state index is 6.43. The molecule has 0 fully saturated rings. The van der Waals surface area contributed by atoms with Crippen LogP contribution in [0.3, 0.4) is 0 Å². The Bertz CT molecular complexity index is 563. The third kappa shape index (κ3) is 30.3. The molecule has 0 amide bonds. The van der Waals surface area contributed by atoms with Crippen LogP contribution in [0.1, 0.15) is 157 Å². The van der Waals surface area contributed by atoms with Crippen LogP contribution in [-0.4, -0.2) is 64.8 Å². The zero-order valence-electron chi connectivity index (χ0n) is 30.4. The van der Waals surface area contributed by atoms with E-state index in [2.05, 4.69) is 38.2 Å². The van der Waals surface area contributed by atoms with Crippen LogP contribution in [0.25, 0.3) is 0 Å². The van der Waals surface area contributed by atoms with Gasteiger partial charge in [0.15, 0.2) is 25.2 Å². The zero-order valence-corrected chi connectivity index (χ0v) is 30.4. The summed E-state index contributed by atoms with van der Waals surface area (Å²) in [6.07, 6.45) is 27.5. The molecule has 0 radical (unpaired) electrons. The number of allylic oxidation sites excluding steroid dienone is 2. The van der Waals surface area contributed by atoms with Crippen LogP contribution in [0.4, 0.5) is 0 Å². The van der Waals surface area contributed by atoms with Gasteiger partial charge in [-0.1, -0.05) is 77.4 Å². The highest BCUT2D eigenvalue weighted by atomic mass is 16.8. The van der Waals surface area contributed by atoms with Crippen molar-refractivity contribution in [3.8, 4) is 0 Å². The van der Waals surface area contributed by atoms with Crippen molar-refractivity contribution in [1.82, 2.24) is 0 Å². The predicted molar refractivity (Wildman–Crippen MR) is 187 cm³/mol. The molecule has 0 aromatic carbocycles. The van der Waals surface area contributed by atoms with Crippen molar-refractivity contribution >= 4 is 0 Å². The van der Waals surface area contributed by atoms with Gasteiger partial charge in [-0.2, -0.15) is 0 Å². The number of rotatable bonds is 36. The Morgan fingerprint density at radius 2 is 0.778 bits per heavy atom. The van der Waals surface area contributed by atoms with Crippen molar-refractivity contribution in [1.29, 1.82) is 0 Å². The van der Waals surface area contributed by atoms with E-state index in [9.17, 15) is 0 Å². The van der Waals surface area contributed by atoms with E-state index in [0.717, 1.165) is 64.2 Å². The molecule has 7 nitrogen and oxygen atoms in total. The summed E-state index contributed by atoms with van der Waals surface area (Å²) in [5.74, 6) is 0. The van der Waals surface area contributed by atoms with E-state index < -0.39 is 12.6 Å². The number of ether oxygens (including phenoxy) is 7. The molecule has 2 unspecified atom stereocenters. The molecule has 7 heteroatoms. The maximum Gasteiger partial charge on any atom is 0.180 e. The molecule has 0 aromatic heterocycles. The van der Waals surface area contributed by atoms with Gasteiger partial charge in [0.2, 0.25) is 0 Å².